The summed E-state index contributed by atoms with van der Waals surface area (Å²) < 4.78 is 10.8. The highest BCUT2D eigenvalue weighted by Crippen LogP contribution is 2.15. The molecule has 1 aliphatic rings. The zero-order valence-corrected chi connectivity index (χ0v) is 17.0. The van der Waals surface area contributed by atoms with Crippen LogP contribution in [0.25, 0.3) is 0 Å². The molecule has 0 aromatic heterocycles. The van der Waals surface area contributed by atoms with Crippen LogP contribution in [0, 0.1) is 0 Å². The molecular weight excluding hydrogens is 368 g/mol. The number of carbonyl (C=O) groups is 2. The normalized spacial score (nSPS) is 15.6. The zero-order valence-electron chi connectivity index (χ0n) is 17.0. The summed E-state index contributed by atoms with van der Waals surface area (Å²) in [4.78, 5) is 29.1. The fourth-order valence-corrected chi connectivity index (χ4v) is 3.36. The molecule has 29 heavy (non-hydrogen) atoms. The van der Waals surface area contributed by atoms with Crippen LogP contribution in [-0.4, -0.2) is 60.6 Å². The van der Waals surface area contributed by atoms with Crippen LogP contribution in [0.4, 0.5) is 0 Å². The summed E-state index contributed by atoms with van der Waals surface area (Å²) in [6.45, 7) is 7.86. The van der Waals surface area contributed by atoms with E-state index in [1.54, 1.807) is 36.1 Å². The number of benzene rings is 2. The second-order valence-electron chi connectivity index (χ2n) is 7.09. The molecule has 1 heterocycles. The van der Waals surface area contributed by atoms with E-state index in [0.717, 1.165) is 19.6 Å². The summed E-state index contributed by atoms with van der Waals surface area (Å²) in [5, 5.41) is 0. The number of hydrogen-bond acceptors (Lipinski definition) is 5. The van der Waals surface area contributed by atoms with Gasteiger partial charge in [-0.2, -0.15) is 0 Å². The monoisotopic (exact) mass is 396 g/mol. The van der Waals surface area contributed by atoms with Crippen LogP contribution in [0.15, 0.2) is 54.6 Å². The second kappa shape index (κ2) is 10.1. The number of piperazine rings is 1. The van der Waals surface area contributed by atoms with Crippen LogP contribution < -0.4 is 4.74 Å². The number of hydrogen-bond donors (Lipinski definition) is 0. The predicted octanol–water partition coefficient (Wildman–Crippen LogP) is 2.98. The average molecular weight is 396 g/mol. The van der Waals surface area contributed by atoms with Gasteiger partial charge in [-0.1, -0.05) is 30.3 Å². The van der Waals surface area contributed by atoms with Crippen molar-refractivity contribution in [1.29, 1.82) is 0 Å². The van der Waals surface area contributed by atoms with Crippen molar-refractivity contribution in [2.24, 2.45) is 0 Å². The molecule has 1 aliphatic heterocycles. The maximum atomic E-state index is 12.7. The van der Waals surface area contributed by atoms with Gasteiger partial charge in [0.15, 0.2) is 6.10 Å². The second-order valence-corrected chi connectivity index (χ2v) is 7.09. The lowest BCUT2D eigenvalue weighted by molar-refractivity contribution is -0.141. The van der Waals surface area contributed by atoms with Crippen LogP contribution in [0.2, 0.25) is 0 Å². The smallest absolute Gasteiger partial charge is 0.338 e. The molecule has 3 rings (SSSR count). The van der Waals surface area contributed by atoms with Gasteiger partial charge in [-0.05, 0) is 43.7 Å². The van der Waals surface area contributed by atoms with Crippen LogP contribution in [0.5, 0.6) is 5.75 Å². The van der Waals surface area contributed by atoms with Crippen molar-refractivity contribution in [2.45, 2.75) is 26.5 Å². The van der Waals surface area contributed by atoms with Crippen molar-refractivity contribution in [3.8, 4) is 5.75 Å². The first-order valence-corrected chi connectivity index (χ1v) is 10.1. The van der Waals surface area contributed by atoms with Crippen LogP contribution in [0.1, 0.15) is 29.8 Å². The van der Waals surface area contributed by atoms with Gasteiger partial charge in [0.25, 0.3) is 5.91 Å². The Labute approximate surface area is 172 Å². The highest BCUT2D eigenvalue weighted by Gasteiger charge is 2.27. The first-order chi connectivity index (χ1) is 14.1. The van der Waals surface area contributed by atoms with Crippen molar-refractivity contribution >= 4 is 11.9 Å². The Morgan fingerprint density at radius 2 is 1.62 bits per heavy atom. The maximum absolute atomic E-state index is 12.7. The third-order valence-electron chi connectivity index (χ3n) is 4.97. The Hall–Kier alpha value is -2.86. The van der Waals surface area contributed by atoms with Crippen molar-refractivity contribution in [1.82, 2.24) is 9.80 Å². The Kier molecular flexibility index (Phi) is 7.25. The van der Waals surface area contributed by atoms with Gasteiger partial charge < -0.3 is 14.4 Å². The third kappa shape index (κ3) is 5.81. The van der Waals surface area contributed by atoms with Crippen LogP contribution >= 0.6 is 0 Å². The largest absolute Gasteiger partial charge is 0.494 e. The lowest BCUT2D eigenvalue weighted by Gasteiger charge is -2.35. The van der Waals surface area contributed by atoms with E-state index in [1.807, 2.05) is 25.1 Å². The molecular formula is C23H28N2O4. The predicted molar refractivity (Wildman–Crippen MR) is 111 cm³/mol. The fourth-order valence-electron chi connectivity index (χ4n) is 3.36. The standard InChI is InChI=1S/C23H28N2O4/c1-3-28-21-11-9-20(10-12-21)23(27)29-18(2)22(26)25-15-13-24(14-16-25)17-19-7-5-4-6-8-19/h4-12,18H,3,13-17H2,1-2H3/t18-/m1/s1. The molecule has 2 aromatic carbocycles. The van der Waals surface area contributed by atoms with Crippen molar-refractivity contribution < 1.29 is 19.1 Å². The Bertz CT molecular complexity index is 799. The highest BCUT2D eigenvalue weighted by atomic mass is 16.5. The van der Waals surface area contributed by atoms with Gasteiger partial charge in [-0.3, -0.25) is 9.69 Å². The number of nitrogens with zero attached hydrogens (tertiary/aromatic N) is 2. The molecule has 154 valence electrons. The molecule has 0 saturated carbocycles. The van der Waals surface area contributed by atoms with E-state index in [4.69, 9.17) is 9.47 Å². The summed E-state index contributed by atoms with van der Waals surface area (Å²) in [6, 6.07) is 17.0. The average Bonchev–Trinajstić information content (AvgIpc) is 2.75. The number of amides is 1. The van der Waals surface area contributed by atoms with Crippen molar-refractivity contribution in [3.63, 3.8) is 0 Å². The minimum atomic E-state index is -0.810. The van der Waals surface area contributed by atoms with Gasteiger partial charge in [-0.15, -0.1) is 0 Å². The van der Waals surface area contributed by atoms with E-state index in [-0.39, 0.29) is 5.91 Å². The fraction of sp³-hybridized carbons (Fsp3) is 0.391. The molecule has 1 saturated heterocycles. The molecule has 1 amide bonds. The topological polar surface area (TPSA) is 59.1 Å². The third-order valence-corrected chi connectivity index (χ3v) is 4.97. The summed E-state index contributed by atoms with van der Waals surface area (Å²) in [7, 11) is 0. The molecule has 0 radical (unpaired) electrons. The zero-order chi connectivity index (χ0) is 20.6. The van der Waals surface area contributed by atoms with Gasteiger partial charge in [0.2, 0.25) is 0 Å². The quantitative estimate of drug-likeness (QED) is 0.674. The lowest BCUT2D eigenvalue weighted by atomic mass is 10.2. The number of ether oxygens (including phenoxy) is 2. The van der Waals surface area contributed by atoms with E-state index >= 15 is 0 Å². The van der Waals surface area contributed by atoms with E-state index in [9.17, 15) is 9.59 Å². The van der Waals surface area contributed by atoms with Gasteiger partial charge >= 0.3 is 5.97 Å². The number of carbonyl (C=O) groups excluding carboxylic acids is 2. The summed E-state index contributed by atoms with van der Waals surface area (Å²) in [5.74, 6) is 0.0433. The molecule has 0 spiro atoms. The van der Waals surface area contributed by atoms with Crippen LogP contribution in [0.3, 0.4) is 0 Å². The lowest BCUT2D eigenvalue weighted by Crippen LogP contribution is -2.51. The molecule has 0 unspecified atom stereocenters. The maximum Gasteiger partial charge on any atom is 0.338 e. The first kappa shape index (κ1) is 20.9. The van der Waals surface area contributed by atoms with E-state index in [2.05, 4.69) is 17.0 Å². The van der Waals surface area contributed by atoms with Gasteiger partial charge in [0, 0.05) is 32.7 Å². The van der Waals surface area contributed by atoms with E-state index in [1.165, 1.54) is 5.56 Å². The number of rotatable bonds is 7. The minimum absolute atomic E-state index is 0.149. The molecule has 0 aliphatic carbocycles. The Balaban J connectivity index is 1.47. The van der Waals surface area contributed by atoms with Crippen LogP contribution in [-0.2, 0) is 16.1 Å². The summed E-state index contributed by atoms with van der Waals surface area (Å²) in [5.41, 5.74) is 1.67. The van der Waals surface area contributed by atoms with Gasteiger partial charge in [-0.25, -0.2) is 4.79 Å². The molecule has 6 heteroatoms. The van der Waals surface area contributed by atoms with E-state index < -0.39 is 12.1 Å². The Morgan fingerprint density at radius 1 is 0.966 bits per heavy atom. The molecule has 1 atom stereocenters. The van der Waals surface area contributed by atoms with Gasteiger partial charge in [0.1, 0.15) is 5.75 Å². The Morgan fingerprint density at radius 3 is 2.24 bits per heavy atom. The minimum Gasteiger partial charge on any atom is -0.494 e. The highest BCUT2D eigenvalue weighted by molar-refractivity contribution is 5.92. The number of esters is 1. The van der Waals surface area contributed by atoms with E-state index in [0.29, 0.717) is 31.0 Å². The first-order valence-electron chi connectivity index (χ1n) is 10.1. The molecule has 1 fully saturated rings. The summed E-state index contributed by atoms with van der Waals surface area (Å²) >= 11 is 0. The molecule has 0 bridgehead atoms. The van der Waals surface area contributed by atoms with Crippen molar-refractivity contribution in [3.05, 3.63) is 65.7 Å². The SMILES string of the molecule is CCOc1ccc(C(=O)O[C@H](C)C(=O)N2CCN(Cc3ccccc3)CC2)cc1. The molecule has 6 nitrogen and oxygen atoms in total. The molecule has 0 N–H and O–H groups in total. The summed E-state index contributed by atoms with van der Waals surface area (Å²) in [6.07, 6.45) is -0.810. The van der Waals surface area contributed by atoms with Crippen molar-refractivity contribution in [2.75, 3.05) is 32.8 Å². The molecule has 2 aromatic rings. The van der Waals surface area contributed by atoms with Gasteiger partial charge in [0.05, 0.1) is 12.2 Å².